The Kier molecular flexibility index (Phi) is 4.55. The van der Waals surface area contributed by atoms with Crippen LogP contribution in [-0.4, -0.2) is 5.91 Å². The molecule has 0 atom stereocenters. The number of amides is 1. The van der Waals surface area contributed by atoms with Crippen molar-refractivity contribution in [1.82, 2.24) is 0 Å². The lowest BCUT2D eigenvalue weighted by atomic mass is 10.2. The molecule has 0 aliphatic rings. The Labute approximate surface area is 131 Å². The average Bonchev–Trinajstić information content (AvgIpc) is 2.32. The van der Waals surface area contributed by atoms with Crippen LogP contribution in [0.4, 0.5) is 10.1 Å². The highest BCUT2D eigenvalue weighted by molar-refractivity contribution is 14.1. The third-order valence-corrected chi connectivity index (χ3v) is 3.83. The zero-order valence-corrected chi connectivity index (χ0v) is 13.4. The van der Waals surface area contributed by atoms with E-state index in [-0.39, 0.29) is 11.7 Å². The molecule has 5 heteroatoms. The SMILES string of the molecule is O=C(Nc1ccc(F)cc1I)c1cccc(I)c1. The van der Waals surface area contributed by atoms with Gasteiger partial charge in [-0.2, -0.15) is 0 Å². The predicted octanol–water partition coefficient (Wildman–Crippen LogP) is 4.29. The van der Waals surface area contributed by atoms with Gasteiger partial charge in [0.2, 0.25) is 0 Å². The van der Waals surface area contributed by atoms with Crippen LogP contribution in [0.15, 0.2) is 42.5 Å². The molecule has 0 bridgehead atoms. The van der Waals surface area contributed by atoms with E-state index < -0.39 is 0 Å². The number of carbonyl (C=O) groups is 1. The first-order chi connectivity index (χ1) is 8.56. The van der Waals surface area contributed by atoms with Gasteiger partial charge in [-0.05, 0) is 81.6 Å². The van der Waals surface area contributed by atoms with Gasteiger partial charge in [-0.3, -0.25) is 4.79 Å². The summed E-state index contributed by atoms with van der Waals surface area (Å²) in [6.07, 6.45) is 0. The molecule has 2 rings (SSSR count). The van der Waals surface area contributed by atoms with Crippen molar-refractivity contribution in [2.24, 2.45) is 0 Å². The van der Waals surface area contributed by atoms with Crippen molar-refractivity contribution in [3.63, 3.8) is 0 Å². The molecule has 0 fully saturated rings. The van der Waals surface area contributed by atoms with E-state index in [0.29, 0.717) is 14.8 Å². The number of hydrogen-bond donors (Lipinski definition) is 1. The second kappa shape index (κ2) is 5.96. The third-order valence-electron chi connectivity index (χ3n) is 2.27. The lowest BCUT2D eigenvalue weighted by molar-refractivity contribution is 0.102. The zero-order valence-electron chi connectivity index (χ0n) is 9.08. The summed E-state index contributed by atoms with van der Waals surface area (Å²) < 4.78 is 14.6. The minimum Gasteiger partial charge on any atom is -0.321 e. The maximum atomic E-state index is 12.9. The van der Waals surface area contributed by atoms with Crippen LogP contribution in [-0.2, 0) is 0 Å². The monoisotopic (exact) mass is 467 g/mol. The molecule has 0 aliphatic carbocycles. The summed E-state index contributed by atoms with van der Waals surface area (Å²) >= 11 is 4.14. The minimum atomic E-state index is -0.313. The molecule has 0 aliphatic heterocycles. The topological polar surface area (TPSA) is 29.1 Å². The summed E-state index contributed by atoms with van der Waals surface area (Å²) in [5, 5.41) is 2.76. The number of rotatable bonds is 2. The molecule has 0 saturated carbocycles. The van der Waals surface area contributed by atoms with Crippen molar-refractivity contribution < 1.29 is 9.18 Å². The largest absolute Gasteiger partial charge is 0.321 e. The van der Waals surface area contributed by atoms with Crippen LogP contribution in [0.2, 0.25) is 0 Å². The molecule has 0 heterocycles. The van der Waals surface area contributed by atoms with Gasteiger partial charge in [0, 0.05) is 12.7 Å². The normalized spacial score (nSPS) is 10.2. The van der Waals surface area contributed by atoms with Crippen LogP contribution in [0.3, 0.4) is 0 Å². The average molecular weight is 467 g/mol. The van der Waals surface area contributed by atoms with E-state index in [4.69, 9.17) is 0 Å². The van der Waals surface area contributed by atoms with E-state index in [2.05, 4.69) is 27.9 Å². The van der Waals surface area contributed by atoms with Crippen molar-refractivity contribution in [3.8, 4) is 0 Å². The molecule has 1 amide bonds. The highest BCUT2D eigenvalue weighted by Crippen LogP contribution is 2.20. The molecule has 18 heavy (non-hydrogen) atoms. The molecule has 0 saturated heterocycles. The van der Waals surface area contributed by atoms with E-state index in [1.165, 1.54) is 12.1 Å². The van der Waals surface area contributed by atoms with Crippen molar-refractivity contribution in [1.29, 1.82) is 0 Å². The van der Waals surface area contributed by atoms with E-state index in [9.17, 15) is 9.18 Å². The summed E-state index contributed by atoms with van der Waals surface area (Å²) in [6, 6.07) is 11.5. The molecule has 2 aromatic rings. The molecular formula is C13H8FI2NO. The predicted molar refractivity (Wildman–Crippen MR) is 86.2 cm³/mol. The fraction of sp³-hybridized carbons (Fsp3) is 0. The molecule has 0 aromatic heterocycles. The second-order valence-corrected chi connectivity index (χ2v) is 6.00. The number of halogens is 3. The summed E-state index contributed by atoms with van der Waals surface area (Å²) in [5.74, 6) is -0.510. The van der Waals surface area contributed by atoms with Crippen molar-refractivity contribution >= 4 is 56.8 Å². The highest BCUT2D eigenvalue weighted by atomic mass is 127. The summed E-state index contributed by atoms with van der Waals surface area (Å²) in [6.45, 7) is 0. The second-order valence-electron chi connectivity index (χ2n) is 3.59. The lowest BCUT2D eigenvalue weighted by Gasteiger charge is -2.07. The number of nitrogens with one attached hydrogen (secondary N) is 1. The summed E-state index contributed by atoms with van der Waals surface area (Å²) in [7, 11) is 0. The highest BCUT2D eigenvalue weighted by Gasteiger charge is 2.08. The van der Waals surface area contributed by atoms with Crippen molar-refractivity contribution in [2.45, 2.75) is 0 Å². The van der Waals surface area contributed by atoms with E-state index in [1.54, 1.807) is 18.2 Å². The standard InChI is InChI=1S/C13H8FI2NO/c14-9-4-5-12(11(16)7-9)17-13(18)8-2-1-3-10(15)6-8/h1-7H,(H,17,18). The van der Waals surface area contributed by atoms with Gasteiger partial charge in [-0.1, -0.05) is 6.07 Å². The van der Waals surface area contributed by atoms with Crippen LogP contribution in [0, 0.1) is 13.0 Å². The first-order valence-electron chi connectivity index (χ1n) is 5.08. The van der Waals surface area contributed by atoms with Gasteiger partial charge in [0.05, 0.1) is 5.69 Å². The van der Waals surface area contributed by atoms with Gasteiger partial charge < -0.3 is 5.32 Å². The molecule has 1 N–H and O–H groups in total. The van der Waals surface area contributed by atoms with E-state index in [0.717, 1.165) is 3.57 Å². The number of benzene rings is 2. The third kappa shape index (κ3) is 3.41. The van der Waals surface area contributed by atoms with E-state index >= 15 is 0 Å². The quantitative estimate of drug-likeness (QED) is 0.657. The molecule has 0 spiro atoms. The lowest BCUT2D eigenvalue weighted by Crippen LogP contribution is -2.12. The Morgan fingerprint density at radius 1 is 1.11 bits per heavy atom. The van der Waals surface area contributed by atoms with Gasteiger partial charge in [-0.15, -0.1) is 0 Å². The Morgan fingerprint density at radius 2 is 1.89 bits per heavy atom. The first-order valence-corrected chi connectivity index (χ1v) is 7.24. The molecule has 0 unspecified atom stereocenters. The Hall–Kier alpha value is -0.700. The zero-order chi connectivity index (χ0) is 13.1. The Morgan fingerprint density at radius 3 is 2.56 bits per heavy atom. The number of carbonyl (C=O) groups excluding carboxylic acids is 1. The number of anilines is 1. The van der Waals surface area contributed by atoms with Gasteiger partial charge in [0.25, 0.3) is 5.91 Å². The van der Waals surface area contributed by atoms with Crippen LogP contribution in [0.5, 0.6) is 0 Å². The molecule has 92 valence electrons. The van der Waals surface area contributed by atoms with Gasteiger partial charge >= 0.3 is 0 Å². The first kappa shape index (κ1) is 13.7. The smallest absolute Gasteiger partial charge is 0.255 e. The van der Waals surface area contributed by atoms with E-state index in [1.807, 2.05) is 34.7 Å². The maximum absolute atomic E-state index is 12.9. The minimum absolute atomic E-state index is 0.196. The van der Waals surface area contributed by atoms with Gasteiger partial charge in [0.1, 0.15) is 5.82 Å². The van der Waals surface area contributed by atoms with Crippen LogP contribution >= 0.6 is 45.2 Å². The number of hydrogen-bond acceptors (Lipinski definition) is 1. The molecule has 2 aromatic carbocycles. The van der Waals surface area contributed by atoms with Gasteiger partial charge in [0.15, 0.2) is 0 Å². The van der Waals surface area contributed by atoms with Crippen LogP contribution in [0.1, 0.15) is 10.4 Å². The Balaban J connectivity index is 2.21. The maximum Gasteiger partial charge on any atom is 0.255 e. The van der Waals surface area contributed by atoms with Crippen LogP contribution < -0.4 is 5.32 Å². The van der Waals surface area contributed by atoms with Crippen LogP contribution in [0.25, 0.3) is 0 Å². The van der Waals surface area contributed by atoms with Crippen molar-refractivity contribution in [3.05, 3.63) is 61.0 Å². The Bertz CT molecular complexity index is 601. The molecule has 0 radical (unpaired) electrons. The summed E-state index contributed by atoms with van der Waals surface area (Å²) in [4.78, 5) is 12.0. The fourth-order valence-electron chi connectivity index (χ4n) is 1.42. The summed E-state index contributed by atoms with van der Waals surface area (Å²) in [5.41, 5.74) is 1.20. The van der Waals surface area contributed by atoms with Crippen molar-refractivity contribution in [2.75, 3.05) is 5.32 Å². The molecular weight excluding hydrogens is 459 g/mol. The molecule has 2 nitrogen and oxygen atoms in total. The fourth-order valence-corrected chi connectivity index (χ4v) is 2.57. The van der Waals surface area contributed by atoms with Gasteiger partial charge in [-0.25, -0.2) is 4.39 Å².